The molecule has 0 amide bonds. The van der Waals surface area contributed by atoms with E-state index < -0.39 is 0 Å². The molecule has 0 fully saturated rings. The molecule has 0 aliphatic carbocycles. The summed E-state index contributed by atoms with van der Waals surface area (Å²) < 4.78 is 2.66. The zero-order valence-electron chi connectivity index (χ0n) is 35.0. The molecule has 0 saturated heterocycles. The maximum absolute atomic E-state index is 2.40. The van der Waals surface area contributed by atoms with Crippen molar-refractivity contribution in [2.75, 3.05) is 4.90 Å². The molecular weight excluding hydrogens is 791 g/mol. The van der Waals surface area contributed by atoms with Crippen LogP contribution >= 0.6 is 11.3 Å². The second-order valence-corrected chi connectivity index (χ2v) is 17.6. The van der Waals surface area contributed by atoms with Crippen LogP contribution in [0, 0.1) is 0 Å². The van der Waals surface area contributed by atoms with Crippen LogP contribution in [0.4, 0.5) is 17.1 Å². The Morgan fingerprint density at radius 3 is 1.39 bits per heavy atom. The Morgan fingerprint density at radius 1 is 0.266 bits per heavy atom. The summed E-state index contributed by atoms with van der Waals surface area (Å²) in [5, 5.41) is 7.61. The van der Waals surface area contributed by atoms with Crippen LogP contribution in [-0.4, -0.2) is 0 Å². The number of benzene rings is 11. The van der Waals surface area contributed by atoms with Crippen LogP contribution in [-0.2, 0) is 0 Å². The normalized spacial score (nSPS) is 11.4. The van der Waals surface area contributed by atoms with E-state index in [1.54, 1.807) is 0 Å². The SMILES string of the molecule is c1cc(-c2ccc(N(c3ccc(-c4cccc(-c5cccc6c5sc5ccccc56)c4)cc3)c3ccccc3-c3ccc4ccccc4c3)cc2)cc(-c2ccc3ccccc3c2)c1. The standard InChI is InChI=1S/C62H41NS/c1-3-14-46-39-51(28-26-42(46)12-1)50-18-9-16-48(38-50)44-30-34-54(35-31-44)63(60-24-7-5-20-56(60)53-29-27-43-13-2-4-15-47(43)41-53)55-36-32-45(33-37-55)49-17-10-19-52(40-49)57-22-11-23-59-58-21-6-8-25-61(58)64-62(57)59/h1-41H. The van der Waals surface area contributed by atoms with E-state index >= 15 is 0 Å². The molecule has 12 aromatic rings. The van der Waals surface area contributed by atoms with E-state index in [4.69, 9.17) is 0 Å². The van der Waals surface area contributed by atoms with Gasteiger partial charge in [-0.3, -0.25) is 0 Å². The van der Waals surface area contributed by atoms with Crippen molar-refractivity contribution in [3.05, 3.63) is 249 Å². The van der Waals surface area contributed by atoms with Crippen molar-refractivity contribution >= 4 is 70.1 Å². The smallest absolute Gasteiger partial charge is 0.0540 e. The van der Waals surface area contributed by atoms with Crippen molar-refractivity contribution in [3.8, 4) is 55.6 Å². The Labute approximate surface area is 377 Å². The van der Waals surface area contributed by atoms with Gasteiger partial charge in [0, 0.05) is 37.1 Å². The molecule has 0 unspecified atom stereocenters. The number of rotatable bonds is 8. The van der Waals surface area contributed by atoms with Gasteiger partial charge in [-0.05, 0) is 132 Å². The molecule has 0 aliphatic heterocycles. The Morgan fingerprint density at radius 2 is 0.703 bits per heavy atom. The lowest BCUT2D eigenvalue weighted by molar-refractivity contribution is 1.28. The van der Waals surface area contributed by atoms with Gasteiger partial charge in [0.05, 0.1) is 5.69 Å². The number of fused-ring (bicyclic) bond motifs is 5. The zero-order valence-corrected chi connectivity index (χ0v) is 35.8. The van der Waals surface area contributed by atoms with Crippen LogP contribution in [0.25, 0.3) is 97.4 Å². The van der Waals surface area contributed by atoms with E-state index in [0.717, 1.165) is 17.1 Å². The van der Waals surface area contributed by atoms with Crippen molar-refractivity contribution < 1.29 is 0 Å². The molecule has 1 heterocycles. The van der Waals surface area contributed by atoms with Crippen molar-refractivity contribution in [2.45, 2.75) is 0 Å². The third-order valence-electron chi connectivity index (χ3n) is 12.6. The quantitative estimate of drug-likeness (QED) is 0.147. The van der Waals surface area contributed by atoms with E-state index in [1.165, 1.54) is 97.4 Å². The van der Waals surface area contributed by atoms with Crippen LogP contribution in [0.15, 0.2) is 249 Å². The van der Waals surface area contributed by atoms with Gasteiger partial charge in [-0.15, -0.1) is 11.3 Å². The number of hydrogen-bond acceptors (Lipinski definition) is 2. The maximum Gasteiger partial charge on any atom is 0.0540 e. The van der Waals surface area contributed by atoms with Gasteiger partial charge >= 0.3 is 0 Å². The topological polar surface area (TPSA) is 3.24 Å². The van der Waals surface area contributed by atoms with E-state index in [-0.39, 0.29) is 0 Å². The highest BCUT2D eigenvalue weighted by Gasteiger charge is 2.19. The molecule has 300 valence electrons. The Hall–Kier alpha value is -8.04. The van der Waals surface area contributed by atoms with Gasteiger partial charge in [-0.25, -0.2) is 0 Å². The van der Waals surface area contributed by atoms with Gasteiger partial charge in [0.15, 0.2) is 0 Å². The highest BCUT2D eigenvalue weighted by molar-refractivity contribution is 7.26. The van der Waals surface area contributed by atoms with Crippen LogP contribution < -0.4 is 4.90 Å². The number of anilines is 3. The van der Waals surface area contributed by atoms with Gasteiger partial charge < -0.3 is 4.90 Å². The van der Waals surface area contributed by atoms with Crippen LogP contribution in [0.2, 0.25) is 0 Å². The average molecular weight is 832 g/mol. The van der Waals surface area contributed by atoms with Crippen LogP contribution in [0.1, 0.15) is 0 Å². The van der Waals surface area contributed by atoms with E-state index in [9.17, 15) is 0 Å². The molecule has 11 aromatic carbocycles. The molecular formula is C62H41NS. The molecule has 0 atom stereocenters. The monoisotopic (exact) mass is 831 g/mol. The summed E-state index contributed by atoms with van der Waals surface area (Å²) in [5.74, 6) is 0. The Kier molecular flexibility index (Phi) is 9.43. The van der Waals surface area contributed by atoms with Crippen molar-refractivity contribution in [1.29, 1.82) is 0 Å². The minimum Gasteiger partial charge on any atom is -0.310 e. The van der Waals surface area contributed by atoms with Gasteiger partial charge in [-0.2, -0.15) is 0 Å². The molecule has 64 heavy (non-hydrogen) atoms. The summed E-state index contributed by atoms with van der Waals surface area (Å²) >= 11 is 1.88. The van der Waals surface area contributed by atoms with Crippen LogP contribution in [0.3, 0.4) is 0 Å². The second-order valence-electron chi connectivity index (χ2n) is 16.5. The molecule has 0 radical (unpaired) electrons. The minimum absolute atomic E-state index is 1.09. The largest absolute Gasteiger partial charge is 0.310 e. The first-order valence-electron chi connectivity index (χ1n) is 21.9. The first-order chi connectivity index (χ1) is 31.7. The third kappa shape index (κ3) is 6.91. The van der Waals surface area contributed by atoms with E-state index in [0.29, 0.717) is 0 Å². The number of thiophene rings is 1. The fraction of sp³-hybridized carbons (Fsp3) is 0. The Bertz CT molecular complexity index is 3670. The number of hydrogen-bond donors (Lipinski definition) is 0. The summed E-state index contributed by atoms with van der Waals surface area (Å²) in [6.45, 7) is 0. The predicted octanol–water partition coefficient (Wildman–Crippen LogP) is 18.2. The molecule has 0 bridgehead atoms. The first-order valence-corrected chi connectivity index (χ1v) is 22.7. The third-order valence-corrected chi connectivity index (χ3v) is 13.9. The molecule has 0 N–H and O–H groups in total. The zero-order chi connectivity index (χ0) is 42.4. The van der Waals surface area contributed by atoms with Crippen molar-refractivity contribution in [1.82, 2.24) is 0 Å². The fourth-order valence-corrected chi connectivity index (χ4v) is 10.6. The first kappa shape index (κ1) is 37.7. The number of nitrogens with zero attached hydrogens (tertiary/aromatic N) is 1. The fourth-order valence-electron chi connectivity index (χ4n) is 9.39. The summed E-state index contributed by atoms with van der Waals surface area (Å²) in [4.78, 5) is 2.40. The van der Waals surface area contributed by atoms with Crippen molar-refractivity contribution in [2.24, 2.45) is 0 Å². The second kappa shape index (κ2) is 16.0. The lowest BCUT2D eigenvalue weighted by atomic mass is 9.96. The molecule has 1 nitrogen and oxygen atoms in total. The molecule has 0 spiro atoms. The summed E-state index contributed by atoms with van der Waals surface area (Å²) in [7, 11) is 0. The van der Waals surface area contributed by atoms with E-state index in [2.05, 4.69) is 254 Å². The summed E-state index contributed by atoms with van der Waals surface area (Å²) in [6.07, 6.45) is 0. The average Bonchev–Trinajstić information content (AvgIpc) is 3.76. The highest BCUT2D eigenvalue weighted by atomic mass is 32.1. The molecule has 1 aromatic heterocycles. The highest BCUT2D eigenvalue weighted by Crippen LogP contribution is 2.44. The molecule has 12 rings (SSSR count). The summed E-state index contributed by atoms with van der Waals surface area (Å²) in [5.41, 5.74) is 15.3. The number of para-hydroxylation sites is 1. The lowest BCUT2D eigenvalue weighted by Gasteiger charge is -2.28. The van der Waals surface area contributed by atoms with Gasteiger partial charge in [0.25, 0.3) is 0 Å². The van der Waals surface area contributed by atoms with Gasteiger partial charge in [-0.1, -0.05) is 188 Å². The van der Waals surface area contributed by atoms with Crippen molar-refractivity contribution in [3.63, 3.8) is 0 Å². The summed E-state index contributed by atoms with van der Waals surface area (Å²) in [6, 6.07) is 90.9. The predicted molar refractivity (Wildman–Crippen MR) is 276 cm³/mol. The van der Waals surface area contributed by atoms with Gasteiger partial charge in [0.2, 0.25) is 0 Å². The molecule has 0 aliphatic rings. The maximum atomic E-state index is 2.40. The van der Waals surface area contributed by atoms with Crippen LogP contribution in [0.5, 0.6) is 0 Å². The van der Waals surface area contributed by atoms with E-state index in [1.807, 2.05) is 11.3 Å². The molecule has 0 saturated carbocycles. The molecule has 2 heteroatoms. The lowest BCUT2D eigenvalue weighted by Crippen LogP contribution is -2.11. The minimum atomic E-state index is 1.09. The Balaban J connectivity index is 0.926. The van der Waals surface area contributed by atoms with Gasteiger partial charge in [0.1, 0.15) is 0 Å².